The van der Waals surface area contributed by atoms with Gasteiger partial charge < -0.3 is 0 Å². The van der Waals surface area contributed by atoms with E-state index in [0.29, 0.717) is 0 Å². The minimum Gasteiger partial charge on any atom is -0.264 e. The number of hydrogen-bond acceptors (Lipinski definition) is 2. The molecule has 0 atom stereocenters. The second-order valence-corrected chi connectivity index (χ2v) is 3.98. The first-order valence-electron chi connectivity index (χ1n) is 3.27. The Morgan fingerprint density at radius 1 is 1.55 bits per heavy atom. The molecule has 0 aliphatic carbocycles. The summed E-state index contributed by atoms with van der Waals surface area (Å²) in [4.78, 5) is 5.17. The van der Waals surface area contributed by atoms with Crippen LogP contribution in [0.15, 0.2) is 18.5 Å². The molecule has 0 aromatic carbocycles. The molecule has 2 rings (SSSR count). The van der Waals surface area contributed by atoms with Gasteiger partial charge in [0, 0.05) is 27.4 Å². The number of rotatable bonds is 0. The van der Waals surface area contributed by atoms with E-state index in [1.54, 1.807) is 23.7 Å². The van der Waals surface area contributed by atoms with Crippen LogP contribution in [0.1, 0.15) is 4.88 Å². The lowest BCUT2D eigenvalue weighted by Crippen LogP contribution is -1.67. The van der Waals surface area contributed by atoms with Gasteiger partial charge in [0.1, 0.15) is 0 Å². The van der Waals surface area contributed by atoms with Crippen LogP contribution in [0.25, 0.3) is 10.1 Å². The van der Waals surface area contributed by atoms with Crippen LogP contribution >= 0.6 is 22.9 Å². The third-order valence-corrected chi connectivity index (χ3v) is 3.28. The summed E-state index contributed by atoms with van der Waals surface area (Å²) in [6.07, 6.45) is 3.59. The summed E-state index contributed by atoms with van der Waals surface area (Å²) >= 11 is 7.72. The number of fused-ring (bicyclic) bond motifs is 1. The number of nitrogens with zero attached hydrogens (tertiary/aromatic N) is 1. The Morgan fingerprint density at radius 3 is 3.09 bits per heavy atom. The zero-order valence-electron chi connectivity index (χ0n) is 5.97. The fourth-order valence-corrected chi connectivity index (χ4v) is 2.28. The molecule has 0 saturated heterocycles. The highest BCUT2D eigenvalue weighted by Gasteiger charge is 2.04. The van der Waals surface area contributed by atoms with Crippen molar-refractivity contribution in [1.82, 2.24) is 4.98 Å². The first-order valence-corrected chi connectivity index (χ1v) is 4.47. The van der Waals surface area contributed by atoms with Gasteiger partial charge in [-0.05, 0) is 13.0 Å². The van der Waals surface area contributed by atoms with Crippen molar-refractivity contribution in [2.24, 2.45) is 0 Å². The first kappa shape index (κ1) is 7.07. The Labute approximate surface area is 73.6 Å². The van der Waals surface area contributed by atoms with Gasteiger partial charge in [0.25, 0.3) is 0 Å². The zero-order chi connectivity index (χ0) is 7.84. The van der Waals surface area contributed by atoms with E-state index < -0.39 is 0 Å². The van der Waals surface area contributed by atoms with Crippen LogP contribution in [0.4, 0.5) is 0 Å². The number of halogens is 1. The molecule has 0 spiro atoms. The predicted molar refractivity (Wildman–Crippen MR) is 49.4 cm³/mol. The van der Waals surface area contributed by atoms with Crippen LogP contribution in [-0.4, -0.2) is 4.98 Å². The maximum absolute atomic E-state index is 6.01. The summed E-state index contributed by atoms with van der Waals surface area (Å²) in [5.74, 6) is 0. The Bertz CT molecular complexity index is 394. The van der Waals surface area contributed by atoms with Gasteiger partial charge in [0.2, 0.25) is 0 Å². The molecule has 0 radical (unpaired) electrons. The van der Waals surface area contributed by atoms with Crippen molar-refractivity contribution in [2.45, 2.75) is 6.92 Å². The molecule has 2 heterocycles. The van der Waals surface area contributed by atoms with Gasteiger partial charge in [-0.25, -0.2) is 0 Å². The quantitative estimate of drug-likeness (QED) is 0.611. The Balaban J connectivity index is 2.92. The molecule has 0 unspecified atom stereocenters. The van der Waals surface area contributed by atoms with E-state index in [1.165, 1.54) is 4.70 Å². The van der Waals surface area contributed by atoms with Gasteiger partial charge in [-0.15, -0.1) is 11.3 Å². The molecular formula is C8H6ClNS. The number of aromatic nitrogens is 1. The van der Waals surface area contributed by atoms with Crippen molar-refractivity contribution in [1.29, 1.82) is 0 Å². The van der Waals surface area contributed by atoms with Crippen molar-refractivity contribution in [3.63, 3.8) is 0 Å². The number of aryl methyl sites for hydroxylation is 1. The third-order valence-electron chi connectivity index (χ3n) is 1.59. The molecule has 0 aliphatic heterocycles. The third kappa shape index (κ3) is 1.03. The summed E-state index contributed by atoms with van der Waals surface area (Å²) in [5.41, 5.74) is 0. The zero-order valence-corrected chi connectivity index (χ0v) is 7.54. The molecule has 2 aromatic rings. The molecule has 0 aliphatic rings. The summed E-state index contributed by atoms with van der Waals surface area (Å²) in [6.45, 7) is 2.02. The van der Waals surface area contributed by atoms with E-state index in [2.05, 4.69) is 4.98 Å². The molecule has 3 heteroatoms. The highest BCUT2D eigenvalue weighted by Crippen LogP contribution is 2.33. The fraction of sp³-hybridized carbons (Fsp3) is 0.125. The smallest absolute Gasteiger partial charge is 0.0636 e. The van der Waals surface area contributed by atoms with Gasteiger partial charge >= 0.3 is 0 Å². The predicted octanol–water partition coefficient (Wildman–Crippen LogP) is 3.26. The Morgan fingerprint density at radius 2 is 2.36 bits per heavy atom. The van der Waals surface area contributed by atoms with Gasteiger partial charge in [-0.1, -0.05) is 11.6 Å². The SMILES string of the molecule is Cc1sc2ccncc2c1Cl. The van der Waals surface area contributed by atoms with E-state index in [4.69, 9.17) is 11.6 Å². The molecule has 1 nitrogen and oxygen atoms in total. The van der Waals surface area contributed by atoms with E-state index in [0.717, 1.165) is 15.3 Å². The monoisotopic (exact) mass is 183 g/mol. The molecule has 0 bridgehead atoms. The fourth-order valence-electron chi connectivity index (χ4n) is 1.03. The number of thiophene rings is 1. The van der Waals surface area contributed by atoms with Crippen LogP contribution < -0.4 is 0 Å². The van der Waals surface area contributed by atoms with Crippen LogP contribution in [0.5, 0.6) is 0 Å². The topological polar surface area (TPSA) is 12.9 Å². The van der Waals surface area contributed by atoms with Crippen LogP contribution in [0.3, 0.4) is 0 Å². The standard InChI is InChI=1S/C8H6ClNS/c1-5-8(9)6-4-10-3-2-7(6)11-5/h2-4H,1H3. The lowest BCUT2D eigenvalue weighted by Gasteiger charge is -1.85. The summed E-state index contributed by atoms with van der Waals surface area (Å²) in [7, 11) is 0. The van der Waals surface area contributed by atoms with Crippen molar-refractivity contribution in [3.05, 3.63) is 28.4 Å². The second kappa shape index (κ2) is 2.47. The Hall–Kier alpha value is -0.600. The average molecular weight is 184 g/mol. The van der Waals surface area contributed by atoms with Gasteiger partial charge in [-0.2, -0.15) is 0 Å². The highest BCUT2D eigenvalue weighted by atomic mass is 35.5. The molecule has 0 amide bonds. The maximum Gasteiger partial charge on any atom is 0.0636 e. The molecule has 56 valence electrons. The van der Waals surface area contributed by atoms with Crippen molar-refractivity contribution in [3.8, 4) is 0 Å². The largest absolute Gasteiger partial charge is 0.264 e. The first-order chi connectivity index (χ1) is 5.29. The number of hydrogen-bond donors (Lipinski definition) is 0. The normalized spacial score (nSPS) is 10.7. The van der Waals surface area contributed by atoms with Crippen LogP contribution in [0.2, 0.25) is 5.02 Å². The van der Waals surface area contributed by atoms with Gasteiger partial charge in [-0.3, -0.25) is 4.98 Å². The van der Waals surface area contributed by atoms with Gasteiger partial charge in [0.15, 0.2) is 0 Å². The lowest BCUT2D eigenvalue weighted by atomic mass is 10.3. The van der Waals surface area contributed by atoms with E-state index in [9.17, 15) is 0 Å². The van der Waals surface area contributed by atoms with E-state index in [-0.39, 0.29) is 0 Å². The second-order valence-electron chi connectivity index (χ2n) is 2.34. The molecule has 0 saturated carbocycles. The molecule has 11 heavy (non-hydrogen) atoms. The minimum absolute atomic E-state index is 0.845. The highest BCUT2D eigenvalue weighted by molar-refractivity contribution is 7.19. The lowest BCUT2D eigenvalue weighted by molar-refractivity contribution is 1.37. The van der Waals surface area contributed by atoms with Crippen LogP contribution in [0, 0.1) is 6.92 Å². The Kier molecular flexibility index (Phi) is 1.59. The maximum atomic E-state index is 6.01. The number of pyridine rings is 1. The summed E-state index contributed by atoms with van der Waals surface area (Å²) < 4.78 is 1.21. The molecular weight excluding hydrogens is 178 g/mol. The van der Waals surface area contributed by atoms with Gasteiger partial charge in [0.05, 0.1) is 5.02 Å². The van der Waals surface area contributed by atoms with E-state index in [1.807, 2.05) is 13.0 Å². The van der Waals surface area contributed by atoms with Crippen molar-refractivity contribution in [2.75, 3.05) is 0 Å². The van der Waals surface area contributed by atoms with Crippen molar-refractivity contribution >= 4 is 33.0 Å². The molecule has 0 N–H and O–H groups in total. The van der Waals surface area contributed by atoms with Crippen LogP contribution in [-0.2, 0) is 0 Å². The molecule has 2 aromatic heterocycles. The summed E-state index contributed by atoms with van der Waals surface area (Å²) in [6, 6.07) is 1.98. The average Bonchev–Trinajstić information content (AvgIpc) is 2.30. The van der Waals surface area contributed by atoms with Crippen molar-refractivity contribution < 1.29 is 0 Å². The summed E-state index contributed by atoms with van der Waals surface area (Å²) in [5, 5.41) is 1.91. The van der Waals surface area contributed by atoms with E-state index >= 15 is 0 Å². The molecule has 0 fully saturated rings. The minimum atomic E-state index is 0.845.